The third-order valence-corrected chi connectivity index (χ3v) is 4.31. The second-order valence-electron chi connectivity index (χ2n) is 4.27. The van der Waals surface area contributed by atoms with Gasteiger partial charge >= 0.3 is 0 Å². The molecule has 1 aromatic carbocycles. The van der Waals surface area contributed by atoms with Gasteiger partial charge in [-0.2, -0.15) is 0 Å². The lowest BCUT2D eigenvalue weighted by Gasteiger charge is -2.19. The molecule has 0 bridgehead atoms. The Hall–Kier alpha value is -1.27. The van der Waals surface area contributed by atoms with Crippen molar-refractivity contribution in [2.24, 2.45) is 5.84 Å². The number of aryl methyl sites for hydroxylation is 1. The van der Waals surface area contributed by atoms with Gasteiger partial charge in [0.15, 0.2) is 11.5 Å². The zero-order valence-corrected chi connectivity index (χ0v) is 13.1. The summed E-state index contributed by atoms with van der Waals surface area (Å²) in [7, 11) is 3.14. The predicted molar refractivity (Wildman–Crippen MR) is 82.8 cm³/mol. The Morgan fingerprint density at radius 1 is 1.30 bits per heavy atom. The zero-order valence-electron chi connectivity index (χ0n) is 11.6. The van der Waals surface area contributed by atoms with E-state index in [0.29, 0.717) is 16.5 Å². The summed E-state index contributed by atoms with van der Waals surface area (Å²) in [5.41, 5.74) is 4.88. The Balaban J connectivity index is 2.51. The third-order valence-electron chi connectivity index (χ3n) is 3.17. The minimum absolute atomic E-state index is 0.140. The number of benzene rings is 1. The maximum absolute atomic E-state index is 6.24. The topological polar surface area (TPSA) is 56.5 Å². The first kappa shape index (κ1) is 15.1. The van der Waals surface area contributed by atoms with E-state index in [4.69, 9.17) is 26.9 Å². The number of hydrogen-bond acceptors (Lipinski definition) is 5. The molecule has 1 unspecified atom stereocenters. The molecule has 0 aliphatic rings. The molecule has 0 saturated heterocycles. The summed E-state index contributed by atoms with van der Waals surface area (Å²) in [4.78, 5) is 1.21. The minimum atomic E-state index is -0.140. The molecule has 0 radical (unpaired) electrons. The van der Waals surface area contributed by atoms with Gasteiger partial charge in [-0.05, 0) is 41.6 Å². The van der Waals surface area contributed by atoms with Gasteiger partial charge in [0.25, 0.3) is 0 Å². The molecular formula is C14H17ClN2O2S. The standard InChI is InChI=1S/C14H17ClN2O2S/c1-8-10(4-5-20-8)13(17-16)9-6-11(15)14(19-3)12(7-9)18-2/h4-7,13,17H,16H2,1-3H3. The molecule has 0 spiro atoms. The maximum Gasteiger partial charge on any atom is 0.179 e. The molecule has 4 nitrogen and oxygen atoms in total. The molecule has 0 saturated carbocycles. The van der Waals surface area contributed by atoms with Crippen molar-refractivity contribution in [1.82, 2.24) is 5.43 Å². The Morgan fingerprint density at radius 3 is 2.55 bits per heavy atom. The number of halogens is 1. The zero-order chi connectivity index (χ0) is 14.7. The molecule has 1 aromatic heterocycles. The van der Waals surface area contributed by atoms with E-state index in [1.165, 1.54) is 4.88 Å². The molecule has 0 fully saturated rings. The largest absolute Gasteiger partial charge is 0.493 e. The van der Waals surface area contributed by atoms with Crippen molar-refractivity contribution in [2.45, 2.75) is 13.0 Å². The number of hydrogen-bond donors (Lipinski definition) is 2. The van der Waals surface area contributed by atoms with E-state index in [-0.39, 0.29) is 6.04 Å². The number of nitrogens with two attached hydrogens (primary N) is 1. The highest BCUT2D eigenvalue weighted by atomic mass is 35.5. The molecule has 1 atom stereocenters. The van der Waals surface area contributed by atoms with Gasteiger partial charge in [0, 0.05) is 4.88 Å². The highest BCUT2D eigenvalue weighted by Crippen LogP contribution is 2.39. The summed E-state index contributed by atoms with van der Waals surface area (Å²) in [5.74, 6) is 6.83. The van der Waals surface area contributed by atoms with E-state index in [1.54, 1.807) is 25.6 Å². The molecule has 0 amide bonds. The van der Waals surface area contributed by atoms with Gasteiger partial charge in [-0.15, -0.1) is 11.3 Å². The van der Waals surface area contributed by atoms with Crippen molar-refractivity contribution >= 4 is 22.9 Å². The van der Waals surface area contributed by atoms with Crippen LogP contribution >= 0.6 is 22.9 Å². The van der Waals surface area contributed by atoms with Crippen molar-refractivity contribution < 1.29 is 9.47 Å². The van der Waals surface area contributed by atoms with Crippen LogP contribution in [0, 0.1) is 6.92 Å². The smallest absolute Gasteiger partial charge is 0.179 e. The lowest BCUT2D eigenvalue weighted by molar-refractivity contribution is 0.354. The third kappa shape index (κ3) is 2.76. The molecule has 1 heterocycles. The van der Waals surface area contributed by atoms with Crippen molar-refractivity contribution in [3.63, 3.8) is 0 Å². The average molecular weight is 313 g/mol. The number of nitrogens with one attached hydrogen (secondary N) is 1. The second kappa shape index (κ2) is 6.45. The molecule has 3 N–H and O–H groups in total. The first-order chi connectivity index (χ1) is 9.62. The van der Waals surface area contributed by atoms with Gasteiger partial charge in [-0.1, -0.05) is 11.6 Å². The maximum atomic E-state index is 6.24. The number of hydrazine groups is 1. The van der Waals surface area contributed by atoms with Gasteiger partial charge < -0.3 is 9.47 Å². The highest BCUT2D eigenvalue weighted by molar-refractivity contribution is 7.10. The quantitative estimate of drug-likeness (QED) is 0.657. The predicted octanol–water partition coefficient (Wildman–Crippen LogP) is 3.28. The lowest BCUT2D eigenvalue weighted by Crippen LogP contribution is -2.29. The fourth-order valence-electron chi connectivity index (χ4n) is 2.16. The van der Waals surface area contributed by atoms with Crippen molar-refractivity contribution in [2.75, 3.05) is 14.2 Å². The van der Waals surface area contributed by atoms with Crippen LogP contribution in [0.4, 0.5) is 0 Å². The summed E-state index contributed by atoms with van der Waals surface area (Å²) in [5, 5.41) is 2.53. The van der Waals surface area contributed by atoms with Crippen molar-refractivity contribution in [3.8, 4) is 11.5 Å². The molecule has 0 aliphatic heterocycles. The molecule has 108 valence electrons. The van der Waals surface area contributed by atoms with Gasteiger partial charge in [0.2, 0.25) is 0 Å². The molecule has 2 rings (SSSR count). The molecule has 6 heteroatoms. The summed E-state index contributed by atoms with van der Waals surface area (Å²) < 4.78 is 10.6. The summed E-state index contributed by atoms with van der Waals surface area (Å²) in [6.07, 6.45) is 0. The number of thiophene rings is 1. The van der Waals surface area contributed by atoms with Gasteiger partial charge in [0.05, 0.1) is 25.3 Å². The van der Waals surface area contributed by atoms with Crippen molar-refractivity contribution in [1.29, 1.82) is 0 Å². The SMILES string of the molecule is COc1cc(C(NN)c2ccsc2C)cc(Cl)c1OC. The summed E-state index contributed by atoms with van der Waals surface area (Å²) >= 11 is 7.92. The lowest BCUT2D eigenvalue weighted by atomic mass is 9.99. The van der Waals surface area contributed by atoms with E-state index in [9.17, 15) is 0 Å². The van der Waals surface area contributed by atoms with Crippen LogP contribution in [-0.2, 0) is 0 Å². The van der Waals surface area contributed by atoms with E-state index < -0.39 is 0 Å². The second-order valence-corrected chi connectivity index (χ2v) is 5.80. The highest BCUT2D eigenvalue weighted by Gasteiger charge is 2.19. The van der Waals surface area contributed by atoms with E-state index in [0.717, 1.165) is 11.1 Å². The number of rotatable bonds is 5. The van der Waals surface area contributed by atoms with Crippen LogP contribution in [0.1, 0.15) is 22.0 Å². The van der Waals surface area contributed by atoms with Crippen LogP contribution in [0.15, 0.2) is 23.6 Å². The molecule has 0 aliphatic carbocycles. The fourth-order valence-corrected chi connectivity index (χ4v) is 3.20. The normalized spacial score (nSPS) is 12.2. The van der Waals surface area contributed by atoms with Gasteiger partial charge in [-0.3, -0.25) is 5.84 Å². The van der Waals surface area contributed by atoms with Gasteiger partial charge in [0.1, 0.15) is 0 Å². The van der Waals surface area contributed by atoms with E-state index >= 15 is 0 Å². The van der Waals surface area contributed by atoms with Crippen LogP contribution in [0.3, 0.4) is 0 Å². The van der Waals surface area contributed by atoms with Crippen LogP contribution < -0.4 is 20.7 Å². The average Bonchev–Trinajstić information content (AvgIpc) is 2.85. The number of ether oxygens (including phenoxy) is 2. The van der Waals surface area contributed by atoms with Gasteiger partial charge in [-0.25, -0.2) is 5.43 Å². The van der Waals surface area contributed by atoms with Crippen LogP contribution in [0.2, 0.25) is 5.02 Å². The summed E-state index contributed by atoms with van der Waals surface area (Å²) in [6.45, 7) is 2.06. The van der Waals surface area contributed by atoms with E-state index in [1.807, 2.05) is 17.5 Å². The first-order valence-corrected chi connectivity index (χ1v) is 7.29. The van der Waals surface area contributed by atoms with Crippen molar-refractivity contribution in [3.05, 3.63) is 44.6 Å². The van der Waals surface area contributed by atoms with E-state index in [2.05, 4.69) is 18.4 Å². The summed E-state index contributed by atoms with van der Waals surface area (Å²) in [6, 6.07) is 5.63. The first-order valence-electron chi connectivity index (χ1n) is 6.03. The molecular weight excluding hydrogens is 296 g/mol. The van der Waals surface area contributed by atoms with Crippen LogP contribution in [-0.4, -0.2) is 14.2 Å². The Morgan fingerprint density at radius 2 is 2.05 bits per heavy atom. The Labute approximate surface area is 127 Å². The van der Waals surface area contributed by atoms with Crippen LogP contribution in [0.25, 0.3) is 0 Å². The number of methoxy groups -OCH3 is 2. The monoisotopic (exact) mass is 312 g/mol. The minimum Gasteiger partial charge on any atom is -0.493 e. The Kier molecular flexibility index (Phi) is 4.88. The van der Waals surface area contributed by atoms with Crippen LogP contribution in [0.5, 0.6) is 11.5 Å². The fraction of sp³-hybridized carbons (Fsp3) is 0.286. The Bertz CT molecular complexity index is 601. The molecule has 20 heavy (non-hydrogen) atoms. The molecule has 2 aromatic rings.